The molecule has 6 nitrogen and oxygen atoms in total. The molecular formula is C26H24N4O2. The first-order valence-corrected chi connectivity index (χ1v) is 10.3. The predicted octanol–water partition coefficient (Wildman–Crippen LogP) is 5.04. The molecule has 0 aliphatic carbocycles. The van der Waals surface area contributed by atoms with Crippen LogP contribution in [0.1, 0.15) is 16.8 Å². The van der Waals surface area contributed by atoms with Gasteiger partial charge in [0.2, 0.25) is 0 Å². The van der Waals surface area contributed by atoms with E-state index in [9.17, 15) is 9.59 Å². The van der Waals surface area contributed by atoms with Gasteiger partial charge in [0, 0.05) is 17.4 Å². The zero-order valence-electron chi connectivity index (χ0n) is 18.2. The summed E-state index contributed by atoms with van der Waals surface area (Å²) < 4.78 is 1.72. The molecule has 0 aliphatic heterocycles. The van der Waals surface area contributed by atoms with Gasteiger partial charge in [-0.1, -0.05) is 54.1 Å². The first-order valence-electron chi connectivity index (χ1n) is 10.3. The normalized spacial score (nSPS) is 10.6. The fourth-order valence-corrected chi connectivity index (χ4v) is 3.53. The minimum atomic E-state index is -0.775. The fourth-order valence-electron chi connectivity index (χ4n) is 3.53. The van der Waals surface area contributed by atoms with Crippen molar-refractivity contribution in [2.75, 3.05) is 10.6 Å². The summed E-state index contributed by atoms with van der Waals surface area (Å²) in [7, 11) is 0. The number of anilines is 2. The van der Waals surface area contributed by atoms with Gasteiger partial charge in [-0.15, -0.1) is 5.10 Å². The van der Waals surface area contributed by atoms with Crippen molar-refractivity contribution in [3.05, 3.63) is 95.7 Å². The van der Waals surface area contributed by atoms with E-state index >= 15 is 0 Å². The Bertz CT molecular complexity index is 1280. The van der Waals surface area contributed by atoms with Gasteiger partial charge in [0.1, 0.15) is 0 Å². The molecule has 0 unspecified atom stereocenters. The van der Waals surface area contributed by atoms with E-state index in [4.69, 9.17) is 0 Å². The van der Waals surface area contributed by atoms with E-state index < -0.39 is 11.8 Å². The van der Waals surface area contributed by atoms with Crippen molar-refractivity contribution in [2.45, 2.75) is 20.8 Å². The molecule has 1 aromatic heterocycles. The summed E-state index contributed by atoms with van der Waals surface area (Å²) in [5.74, 6) is -1.21. The number of benzene rings is 3. The van der Waals surface area contributed by atoms with Crippen LogP contribution in [-0.2, 0) is 9.59 Å². The Morgan fingerprint density at radius 3 is 2.16 bits per heavy atom. The molecule has 2 amide bonds. The van der Waals surface area contributed by atoms with E-state index in [1.807, 2.05) is 87.5 Å². The topological polar surface area (TPSA) is 76.0 Å². The zero-order valence-corrected chi connectivity index (χ0v) is 18.2. The molecule has 4 rings (SSSR count). The Hall–Kier alpha value is -4.19. The van der Waals surface area contributed by atoms with Crippen LogP contribution in [0, 0.1) is 20.8 Å². The van der Waals surface area contributed by atoms with Crippen LogP contribution in [0.4, 0.5) is 11.5 Å². The Morgan fingerprint density at radius 2 is 1.47 bits per heavy atom. The molecule has 1 heterocycles. The number of carbonyl (C=O) groups is 2. The summed E-state index contributed by atoms with van der Waals surface area (Å²) >= 11 is 0. The van der Waals surface area contributed by atoms with Crippen LogP contribution in [0.2, 0.25) is 0 Å². The van der Waals surface area contributed by atoms with E-state index in [2.05, 4.69) is 15.7 Å². The average Bonchev–Trinajstić information content (AvgIpc) is 3.14. The van der Waals surface area contributed by atoms with Crippen LogP contribution < -0.4 is 10.6 Å². The number of hydrogen-bond donors (Lipinski definition) is 2. The maximum Gasteiger partial charge on any atom is 0.315 e. The maximum atomic E-state index is 12.4. The molecule has 160 valence electrons. The van der Waals surface area contributed by atoms with Crippen molar-refractivity contribution in [1.82, 2.24) is 9.78 Å². The first kappa shape index (κ1) is 21.1. The Labute approximate surface area is 186 Å². The van der Waals surface area contributed by atoms with Crippen molar-refractivity contribution >= 4 is 23.3 Å². The molecule has 4 aromatic rings. The van der Waals surface area contributed by atoms with Gasteiger partial charge < -0.3 is 10.6 Å². The van der Waals surface area contributed by atoms with Gasteiger partial charge in [0.15, 0.2) is 5.82 Å². The number of rotatable bonds is 4. The molecule has 2 N–H and O–H groups in total. The maximum absolute atomic E-state index is 12.4. The predicted molar refractivity (Wildman–Crippen MR) is 127 cm³/mol. The molecule has 0 spiro atoms. The molecule has 0 saturated carbocycles. The lowest BCUT2D eigenvalue weighted by Gasteiger charge is -2.10. The number of nitrogens with one attached hydrogen (secondary N) is 2. The highest BCUT2D eigenvalue weighted by Crippen LogP contribution is 2.25. The third-order valence-electron chi connectivity index (χ3n) is 5.18. The summed E-state index contributed by atoms with van der Waals surface area (Å²) in [6.07, 6.45) is 0. The van der Waals surface area contributed by atoms with Crippen molar-refractivity contribution in [3.63, 3.8) is 0 Å². The van der Waals surface area contributed by atoms with Gasteiger partial charge in [0.25, 0.3) is 0 Å². The second-order valence-electron chi connectivity index (χ2n) is 7.72. The molecule has 0 radical (unpaired) electrons. The van der Waals surface area contributed by atoms with Crippen LogP contribution in [0.25, 0.3) is 16.8 Å². The van der Waals surface area contributed by atoms with Crippen molar-refractivity contribution < 1.29 is 9.59 Å². The number of amides is 2. The molecule has 0 bridgehead atoms. The van der Waals surface area contributed by atoms with Crippen LogP contribution in [-0.4, -0.2) is 21.6 Å². The molecule has 3 aromatic carbocycles. The fraction of sp³-hybridized carbons (Fsp3) is 0.115. The molecular weight excluding hydrogens is 400 g/mol. The minimum Gasteiger partial charge on any atom is -0.318 e. The van der Waals surface area contributed by atoms with Gasteiger partial charge in [-0.2, -0.15) is 0 Å². The Morgan fingerprint density at radius 1 is 0.781 bits per heavy atom. The van der Waals surface area contributed by atoms with E-state index in [0.29, 0.717) is 11.5 Å². The molecule has 0 atom stereocenters. The van der Waals surface area contributed by atoms with Crippen LogP contribution in [0.5, 0.6) is 0 Å². The second kappa shape index (κ2) is 8.89. The standard InChI is InChI=1S/C26H24N4O2/c1-17-9-12-22(13-10-17)30-19(3)16-24(29-30)28-26(32)25(31)27-21-11-14-23(18(2)15-21)20-7-5-4-6-8-20/h4-16H,1-3H3,(H,27,31)(H,28,29,32). The van der Waals surface area contributed by atoms with Gasteiger partial charge in [-0.25, -0.2) is 4.68 Å². The molecule has 6 heteroatoms. The minimum absolute atomic E-state index is 0.318. The summed E-state index contributed by atoms with van der Waals surface area (Å²) in [4.78, 5) is 24.8. The van der Waals surface area contributed by atoms with E-state index in [0.717, 1.165) is 33.6 Å². The summed E-state index contributed by atoms with van der Waals surface area (Å²) in [6.45, 7) is 5.87. The van der Waals surface area contributed by atoms with E-state index in [1.54, 1.807) is 16.8 Å². The molecule has 0 aliphatic rings. The van der Waals surface area contributed by atoms with Crippen LogP contribution >= 0.6 is 0 Å². The quantitative estimate of drug-likeness (QED) is 0.451. The number of aryl methyl sites for hydroxylation is 3. The molecule has 0 fully saturated rings. The van der Waals surface area contributed by atoms with E-state index in [-0.39, 0.29) is 0 Å². The molecule has 32 heavy (non-hydrogen) atoms. The highest BCUT2D eigenvalue weighted by atomic mass is 16.2. The van der Waals surface area contributed by atoms with E-state index in [1.165, 1.54) is 0 Å². The van der Waals surface area contributed by atoms with Gasteiger partial charge in [0.05, 0.1) is 5.69 Å². The number of carbonyl (C=O) groups excluding carboxylic acids is 2. The summed E-state index contributed by atoms with van der Waals surface area (Å²) in [6, 6.07) is 25.2. The average molecular weight is 425 g/mol. The number of aromatic nitrogens is 2. The van der Waals surface area contributed by atoms with Crippen LogP contribution in [0.15, 0.2) is 78.9 Å². The lowest BCUT2D eigenvalue weighted by atomic mass is 10.00. The van der Waals surface area contributed by atoms with Crippen molar-refractivity contribution in [3.8, 4) is 16.8 Å². The second-order valence-corrected chi connectivity index (χ2v) is 7.72. The highest BCUT2D eigenvalue weighted by molar-refractivity contribution is 6.43. The lowest BCUT2D eigenvalue weighted by Crippen LogP contribution is -2.29. The third kappa shape index (κ3) is 4.59. The Balaban J connectivity index is 1.43. The largest absolute Gasteiger partial charge is 0.318 e. The highest BCUT2D eigenvalue weighted by Gasteiger charge is 2.17. The summed E-state index contributed by atoms with van der Waals surface area (Å²) in [5.41, 5.74) is 6.61. The third-order valence-corrected chi connectivity index (χ3v) is 5.18. The summed E-state index contributed by atoms with van der Waals surface area (Å²) in [5, 5.41) is 9.63. The van der Waals surface area contributed by atoms with Crippen molar-refractivity contribution in [1.29, 1.82) is 0 Å². The molecule has 0 saturated heterocycles. The van der Waals surface area contributed by atoms with Crippen molar-refractivity contribution in [2.24, 2.45) is 0 Å². The number of hydrogen-bond acceptors (Lipinski definition) is 3. The Kier molecular flexibility index (Phi) is 5.85. The van der Waals surface area contributed by atoms with Gasteiger partial charge >= 0.3 is 11.8 Å². The monoisotopic (exact) mass is 424 g/mol. The first-order chi connectivity index (χ1) is 15.4. The zero-order chi connectivity index (χ0) is 22.7. The number of nitrogens with zero attached hydrogens (tertiary/aromatic N) is 2. The lowest BCUT2D eigenvalue weighted by molar-refractivity contribution is -0.133. The van der Waals surface area contributed by atoms with Gasteiger partial charge in [-0.05, 0) is 61.7 Å². The van der Waals surface area contributed by atoms with Crippen LogP contribution in [0.3, 0.4) is 0 Å². The smallest absolute Gasteiger partial charge is 0.315 e. The van der Waals surface area contributed by atoms with Gasteiger partial charge in [-0.3, -0.25) is 9.59 Å². The SMILES string of the molecule is Cc1ccc(-n2nc(NC(=O)C(=O)Nc3ccc(-c4ccccc4)c(C)c3)cc2C)cc1.